The van der Waals surface area contributed by atoms with Gasteiger partial charge in [-0.2, -0.15) is 15.1 Å². The summed E-state index contributed by atoms with van der Waals surface area (Å²) in [5.41, 5.74) is 1.51. The molecule has 8 nitrogen and oxygen atoms in total. The van der Waals surface area contributed by atoms with Crippen LogP contribution in [0.1, 0.15) is 20.8 Å². The molecule has 0 bridgehead atoms. The third-order valence-electron chi connectivity index (χ3n) is 4.55. The van der Waals surface area contributed by atoms with Crippen LogP contribution < -0.4 is 4.74 Å². The molecule has 1 aromatic carbocycles. The number of aromatic nitrogens is 1. The number of nitrogens with one attached hydrogen (secondary N) is 1. The highest BCUT2D eigenvalue weighted by Crippen LogP contribution is 2.32. The van der Waals surface area contributed by atoms with E-state index in [0.29, 0.717) is 30.9 Å². The second kappa shape index (κ2) is 8.85. The van der Waals surface area contributed by atoms with Gasteiger partial charge in [0, 0.05) is 18.0 Å². The molecule has 4 heterocycles. The Hall–Kier alpha value is -3.41. The molecular weight excluding hydrogens is 526 g/mol. The van der Waals surface area contributed by atoms with Crippen molar-refractivity contribution in [1.82, 2.24) is 9.99 Å². The molecule has 0 radical (unpaired) electrons. The fourth-order valence-electron chi connectivity index (χ4n) is 3.00. The monoisotopic (exact) mass is 537 g/mol. The molecule has 2 aromatic heterocycles. The summed E-state index contributed by atoms with van der Waals surface area (Å²) in [6.45, 7) is 0. The first-order chi connectivity index (χ1) is 16.0. The Balaban J connectivity index is 1.39. The second-order valence-electron chi connectivity index (χ2n) is 6.72. The van der Waals surface area contributed by atoms with E-state index in [9.17, 15) is 9.59 Å². The molecule has 1 N–H and O–H groups in total. The number of aliphatic imine (C=N–C) groups is 1. The molecule has 162 valence electrons. The number of esters is 1. The average Bonchev–Trinajstić information content (AvgIpc) is 3.49. The molecule has 0 saturated heterocycles. The third-order valence-corrected chi connectivity index (χ3v) is 6.98. The Morgan fingerprint density at radius 3 is 2.82 bits per heavy atom. The first kappa shape index (κ1) is 21.4. The highest BCUT2D eigenvalue weighted by atomic mass is 79.9. The predicted molar refractivity (Wildman–Crippen MR) is 132 cm³/mol. The van der Waals surface area contributed by atoms with Crippen molar-refractivity contribution in [2.24, 2.45) is 10.1 Å². The van der Waals surface area contributed by atoms with Gasteiger partial charge in [0.2, 0.25) is 5.17 Å². The van der Waals surface area contributed by atoms with E-state index in [1.54, 1.807) is 60.2 Å². The molecule has 2 aliphatic rings. The number of fused-ring (bicyclic) bond motifs is 1. The lowest BCUT2D eigenvalue weighted by molar-refractivity contribution is -0.114. The molecule has 11 heteroatoms. The van der Waals surface area contributed by atoms with Gasteiger partial charge in [-0.15, -0.1) is 11.3 Å². The Kier molecular flexibility index (Phi) is 5.75. The highest BCUT2D eigenvalue weighted by molar-refractivity contribution is 9.10. The van der Waals surface area contributed by atoms with E-state index in [2.05, 4.69) is 31.0 Å². The number of ether oxygens (including phenoxy) is 1. The quantitative estimate of drug-likeness (QED) is 0.291. The molecule has 0 saturated carbocycles. The standard InChI is InChI=1S/C22H12BrN5O3S2/c23-15-10-12(5-6-16(15)31-21(30)17-4-2-8-32-17)9-14-18(24)28-22(26-19(14)29)33-20(27-28)13-3-1-7-25-11-13/h1-11,24H. The lowest BCUT2D eigenvalue weighted by Gasteiger charge is -2.20. The normalized spacial score (nSPS) is 16.5. The summed E-state index contributed by atoms with van der Waals surface area (Å²) in [7, 11) is 0. The number of hydrazone groups is 1. The van der Waals surface area contributed by atoms with E-state index >= 15 is 0 Å². The number of halogens is 1. The summed E-state index contributed by atoms with van der Waals surface area (Å²) in [5, 5.41) is 17.0. The average molecular weight is 538 g/mol. The van der Waals surface area contributed by atoms with Gasteiger partial charge in [0.05, 0.1) is 10.0 Å². The number of amidine groups is 2. The van der Waals surface area contributed by atoms with Gasteiger partial charge in [0.15, 0.2) is 5.84 Å². The highest BCUT2D eigenvalue weighted by Gasteiger charge is 2.36. The Morgan fingerprint density at radius 1 is 1.21 bits per heavy atom. The van der Waals surface area contributed by atoms with E-state index < -0.39 is 11.9 Å². The summed E-state index contributed by atoms with van der Waals surface area (Å²) >= 11 is 5.91. The van der Waals surface area contributed by atoms with Gasteiger partial charge in [-0.3, -0.25) is 15.2 Å². The number of pyridine rings is 1. The maximum absolute atomic E-state index is 12.6. The van der Waals surface area contributed by atoms with Crippen molar-refractivity contribution in [3.8, 4) is 5.75 Å². The van der Waals surface area contributed by atoms with Gasteiger partial charge in [0.25, 0.3) is 5.91 Å². The van der Waals surface area contributed by atoms with Crippen LogP contribution in [0, 0.1) is 5.41 Å². The molecular formula is C22H12BrN5O3S2. The van der Waals surface area contributed by atoms with Crippen molar-refractivity contribution >= 4 is 73.0 Å². The van der Waals surface area contributed by atoms with Crippen molar-refractivity contribution in [3.05, 3.63) is 86.3 Å². The van der Waals surface area contributed by atoms with Crippen LogP contribution in [0.2, 0.25) is 0 Å². The fourth-order valence-corrected chi connectivity index (χ4v) is 4.96. The molecule has 0 unspecified atom stereocenters. The molecule has 5 rings (SSSR count). The lowest BCUT2D eigenvalue weighted by atomic mass is 10.1. The van der Waals surface area contributed by atoms with Crippen LogP contribution in [0.25, 0.3) is 6.08 Å². The third kappa shape index (κ3) is 4.30. The zero-order valence-corrected chi connectivity index (χ0v) is 19.8. The Labute approximate surface area is 204 Å². The zero-order valence-electron chi connectivity index (χ0n) is 16.6. The summed E-state index contributed by atoms with van der Waals surface area (Å²) in [6.07, 6.45) is 4.88. The van der Waals surface area contributed by atoms with Gasteiger partial charge in [-0.1, -0.05) is 12.1 Å². The maximum Gasteiger partial charge on any atom is 0.353 e. The SMILES string of the molecule is N=C1C(=Cc2ccc(OC(=O)c3cccs3)c(Br)c2)C(=O)N=C2SC(c3cccnc3)=NN12. The van der Waals surface area contributed by atoms with Crippen molar-refractivity contribution in [2.75, 3.05) is 0 Å². The van der Waals surface area contributed by atoms with Crippen molar-refractivity contribution in [2.45, 2.75) is 0 Å². The van der Waals surface area contributed by atoms with E-state index in [1.807, 2.05) is 6.07 Å². The van der Waals surface area contributed by atoms with Crippen molar-refractivity contribution in [1.29, 1.82) is 5.41 Å². The van der Waals surface area contributed by atoms with E-state index in [4.69, 9.17) is 10.1 Å². The lowest BCUT2D eigenvalue weighted by Crippen LogP contribution is -2.35. The number of hydrogen-bond acceptors (Lipinski definition) is 8. The predicted octanol–water partition coefficient (Wildman–Crippen LogP) is 4.79. The molecule has 33 heavy (non-hydrogen) atoms. The number of carbonyl (C=O) groups excluding carboxylic acids is 2. The van der Waals surface area contributed by atoms with Crippen LogP contribution in [0.3, 0.4) is 0 Å². The van der Waals surface area contributed by atoms with Crippen LogP contribution >= 0.6 is 39.0 Å². The zero-order chi connectivity index (χ0) is 22.9. The Morgan fingerprint density at radius 2 is 2.09 bits per heavy atom. The number of amides is 1. The first-order valence-corrected chi connectivity index (χ1v) is 11.9. The number of rotatable bonds is 4. The largest absolute Gasteiger partial charge is 0.421 e. The van der Waals surface area contributed by atoms with Crippen LogP contribution in [-0.4, -0.2) is 37.9 Å². The molecule has 3 aromatic rings. The summed E-state index contributed by atoms with van der Waals surface area (Å²) < 4.78 is 5.96. The fraction of sp³-hybridized carbons (Fsp3) is 0. The first-order valence-electron chi connectivity index (χ1n) is 9.45. The maximum atomic E-state index is 12.6. The second-order valence-corrected chi connectivity index (χ2v) is 9.48. The summed E-state index contributed by atoms with van der Waals surface area (Å²) in [4.78, 5) is 33.5. The van der Waals surface area contributed by atoms with Gasteiger partial charge in [-0.25, -0.2) is 4.79 Å². The number of benzene rings is 1. The minimum Gasteiger partial charge on any atom is -0.421 e. The van der Waals surface area contributed by atoms with Crippen LogP contribution in [0.4, 0.5) is 0 Å². The topological polar surface area (TPSA) is 108 Å². The van der Waals surface area contributed by atoms with E-state index in [1.165, 1.54) is 28.1 Å². The van der Waals surface area contributed by atoms with Crippen molar-refractivity contribution < 1.29 is 14.3 Å². The number of carbonyl (C=O) groups is 2. The number of thioether (sulfide) groups is 1. The number of thiophene rings is 1. The Bertz CT molecular complexity index is 1380. The van der Waals surface area contributed by atoms with Crippen LogP contribution in [0.5, 0.6) is 5.75 Å². The minimum absolute atomic E-state index is 0.0688. The number of hydrogen-bond donors (Lipinski definition) is 1. The van der Waals surface area contributed by atoms with Crippen LogP contribution in [0.15, 0.2) is 80.4 Å². The number of nitrogens with zero attached hydrogens (tertiary/aromatic N) is 4. The smallest absolute Gasteiger partial charge is 0.353 e. The summed E-state index contributed by atoms with van der Waals surface area (Å²) in [5.74, 6) is -0.689. The van der Waals surface area contributed by atoms with Gasteiger partial charge in [0.1, 0.15) is 15.7 Å². The van der Waals surface area contributed by atoms with E-state index in [0.717, 1.165) is 5.56 Å². The summed E-state index contributed by atoms with van der Waals surface area (Å²) in [6, 6.07) is 12.1. The van der Waals surface area contributed by atoms with E-state index in [-0.39, 0.29) is 11.4 Å². The van der Waals surface area contributed by atoms with Crippen molar-refractivity contribution in [3.63, 3.8) is 0 Å². The molecule has 0 spiro atoms. The van der Waals surface area contributed by atoms with Gasteiger partial charge < -0.3 is 4.74 Å². The van der Waals surface area contributed by atoms with Gasteiger partial charge in [-0.05, 0) is 75.0 Å². The minimum atomic E-state index is -0.522. The molecule has 0 fully saturated rings. The molecule has 1 amide bonds. The molecule has 2 aliphatic heterocycles. The van der Waals surface area contributed by atoms with Crippen LogP contribution in [-0.2, 0) is 4.79 Å². The molecule has 0 aliphatic carbocycles. The molecule has 0 atom stereocenters. The van der Waals surface area contributed by atoms with Gasteiger partial charge >= 0.3 is 5.97 Å².